The van der Waals surface area contributed by atoms with Crippen LogP contribution in [0.1, 0.15) is 0 Å². The zero-order valence-electron chi connectivity index (χ0n) is 7.59. The number of ether oxygens (including phenoxy) is 1. The average Bonchev–Trinajstić information content (AvgIpc) is 2.30. The van der Waals surface area contributed by atoms with E-state index >= 15 is 0 Å². The summed E-state index contributed by atoms with van der Waals surface area (Å²) >= 11 is 0. The normalized spacial score (nSPS) is 19.9. The summed E-state index contributed by atoms with van der Waals surface area (Å²) in [5.41, 5.74) is 5.22. The maximum atomic E-state index is 13.2. The Morgan fingerprint density at radius 3 is 2.93 bits per heavy atom. The molecule has 1 aliphatic rings. The minimum Gasteiger partial charge on any atom is -0.489 e. The maximum Gasteiger partial charge on any atom is 0.244 e. The van der Waals surface area contributed by atoms with E-state index in [1.54, 1.807) is 0 Å². The highest BCUT2D eigenvalue weighted by Gasteiger charge is 2.24. The molecular formula is C9H8F2N2O2. The van der Waals surface area contributed by atoms with Crippen molar-refractivity contribution in [3.8, 4) is 5.75 Å². The van der Waals surface area contributed by atoms with Gasteiger partial charge in [-0.1, -0.05) is 0 Å². The number of rotatable bonds is 0. The number of nitrogens with one attached hydrogen (secondary N) is 1. The van der Waals surface area contributed by atoms with E-state index < -0.39 is 23.6 Å². The van der Waals surface area contributed by atoms with E-state index in [0.29, 0.717) is 6.07 Å². The number of amides is 1. The molecule has 15 heavy (non-hydrogen) atoms. The van der Waals surface area contributed by atoms with Crippen molar-refractivity contribution in [1.29, 1.82) is 0 Å². The lowest BCUT2D eigenvalue weighted by molar-refractivity contribution is -0.117. The topological polar surface area (TPSA) is 64.3 Å². The van der Waals surface area contributed by atoms with Crippen LogP contribution in [0.15, 0.2) is 12.1 Å². The first kappa shape index (κ1) is 9.85. The lowest BCUT2D eigenvalue weighted by Crippen LogP contribution is -2.38. The van der Waals surface area contributed by atoms with Gasteiger partial charge >= 0.3 is 0 Å². The number of nitrogens with two attached hydrogens (primary N) is 1. The fraction of sp³-hybridized carbons (Fsp3) is 0.222. The van der Waals surface area contributed by atoms with E-state index in [-0.39, 0.29) is 18.0 Å². The predicted octanol–water partition coefficient (Wildman–Crippen LogP) is 0.623. The molecule has 0 aliphatic carbocycles. The molecule has 0 saturated carbocycles. The summed E-state index contributed by atoms with van der Waals surface area (Å²) in [5.74, 6) is -2.25. The molecule has 1 aromatic rings. The van der Waals surface area contributed by atoms with Crippen molar-refractivity contribution in [2.75, 3.05) is 11.9 Å². The highest BCUT2D eigenvalue weighted by Crippen LogP contribution is 2.30. The summed E-state index contributed by atoms with van der Waals surface area (Å²) in [6.07, 6.45) is 0. The van der Waals surface area contributed by atoms with Crippen LogP contribution >= 0.6 is 0 Å². The van der Waals surface area contributed by atoms with E-state index in [9.17, 15) is 13.6 Å². The standard InChI is InChI=1S/C9H8F2N2O2/c10-4-1-5(11)8-7(2-4)15-3-6(12)9(14)13-8/h1-2,6H,3,12H2,(H,13,14)/t6-/m1/s1. The molecule has 0 fully saturated rings. The molecule has 1 aromatic carbocycles. The quantitative estimate of drug-likeness (QED) is 0.665. The lowest BCUT2D eigenvalue weighted by atomic mass is 10.2. The van der Waals surface area contributed by atoms with Gasteiger partial charge in [-0.2, -0.15) is 0 Å². The zero-order valence-corrected chi connectivity index (χ0v) is 7.59. The SMILES string of the molecule is N[C@@H]1COc2cc(F)cc(F)c2NC1=O. The highest BCUT2D eigenvalue weighted by molar-refractivity contribution is 5.96. The summed E-state index contributed by atoms with van der Waals surface area (Å²) in [7, 11) is 0. The van der Waals surface area contributed by atoms with E-state index in [4.69, 9.17) is 10.5 Å². The third-order valence-electron chi connectivity index (χ3n) is 2.02. The minimum absolute atomic E-state index is 0.0474. The third kappa shape index (κ3) is 1.75. The molecule has 0 unspecified atom stereocenters. The van der Waals surface area contributed by atoms with Gasteiger partial charge in [-0.05, 0) is 0 Å². The predicted molar refractivity (Wildman–Crippen MR) is 48.5 cm³/mol. The monoisotopic (exact) mass is 214 g/mol. The number of hydrogen-bond acceptors (Lipinski definition) is 3. The zero-order chi connectivity index (χ0) is 11.0. The van der Waals surface area contributed by atoms with Crippen molar-refractivity contribution in [3.63, 3.8) is 0 Å². The van der Waals surface area contributed by atoms with Gasteiger partial charge in [0.05, 0.1) is 0 Å². The van der Waals surface area contributed by atoms with Gasteiger partial charge in [-0.25, -0.2) is 8.78 Å². The van der Waals surface area contributed by atoms with Gasteiger partial charge in [0, 0.05) is 12.1 Å². The maximum absolute atomic E-state index is 13.2. The van der Waals surface area contributed by atoms with E-state index in [2.05, 4.69) is 5.32 Å². The van der Waals surface area contributed by atoms with Crippen molar-refractivity contribution in [2.45, 2.75) is 6.04 Å². The smallest absolute Gasteiger partial charge is 0.244 e. The first-order valence-electron chi connectivity index (χ1n) is 4.26. The minimum atomic E-state index is -0.889. The van der Waals surface area contributed by atoms with Gasteiger partial charge in [0.1, 0.15) is 29.9 Å². The summed E-state index contributed by atoms with van der Waals surface area (Å²) in [4.78, 5) is 11.2. The molecule has 0 aromatic heterocycles. The van der Waals surface area contributed by atoms with E-state index in [0.717, 1.165) is 6.07 Å². The number of fused-ring (bicyclic) bond motifs is 1. The van der Waals surface area contributed by atoms with Gasteiger partial charge in [-0.15, -0.1) is 0 Å². The van der Waals surface area contributed by atoms with Crippen molar-refractivity contribution < 1.29 is 18.3 Å². The number of benzene rings is 1. The molecule has 0 bridgehead atoms. The summed E-state index contributed by atoms with van der Waals surface area (Å²) in [6.45, 7) is -0.109. The number of halogens is 2. The Morgan fingerprint density at radius 2 is 2.20 bits per heavy atom. The van der Waals surface area contributed by atoms with Crippen molar-refractivity contribution in [2.24, 2.45) is 5.73 Å². The average molecular weight is 214 g/mol. The Morgan fingerprint density at radius 1 is 1.47 bits per heavy atom. The van der Waals surface area contributed by atoms with Crippen LogP contribution in [-0.2, 0) is 4.79 Å². The number of carbonyl (C=O) groups excluding carboxylic acids is 1. The Hall–Kier alpha value is -1.69. The van der Waals surface area contributed by atoms with Crippen LogP contribution in [0, 0.1) is 11.6 Å². The summed E-state index contributed by atoms with van der Waals surface area (Å²) < 4.78 is 31.1. The van der Waals surface area contributed by atoms with Crippen molar-refractivity contribution in [1.82, 2.24) is 0 Å². The Bertz CT molecular complexity index is 423. The van der Waals surface area contributed by atoms with Crippen LogP contribution in [0.25, 0.3) is 0 Å². The van der Waals surface area contributed by atoms with E-state index in [1.165, 1.54) is 0 Å². The van der Waals surface area contributed by atoms with Gasteiger partial charge < -0.3 is 15.8 Å². The molecule has 1 amide bonds. The Labute approximate surface area is 84.0 Å². The molecule has 2 rings (SSSR count). The van der Waals surface area contributed by atoms with Crippen LogP contribution in [0.5, 0.6) is 5.75 Å². The van der Waals surface area contributed by atoms with Crippen molar-refractivity contribution in [3.05, 3.63) is 23.8 Å². The van der Waals surface area contributed by atoms with Gasteiger partial charge in [-0.3, -0.25) is 4.79 Å². The van der Waals surface area contributed by atoms with E-state index in [1.807, 2.05) is 0 Å². The second kappa shape index (κ2) is 3.47. The van der Waals surface area contributed by atoms with Crippen LogP contribution in [-0.4, -0.2) is 18.6 Å². The fourth-order valence-electron chi connectivity index (χ4n) is 1.26. The molecule has 0 spiro atoms. The molecule has 1 atom stereocenters. The largest absolute Gasteiger partial charge is 0.489 e. The third-order valence-corrected chi connectivity index (χ3v) is 2.02. The first-order chi connectivity index (χ1) is 7.08. The second-order valence-corrected chi connectivity index (χ2v) is 3.17. The summed E-state index contributed by atoms with van der Waals surface area (Å²) in [6, 6.07) is 0.774. The second-order valence-electron chi connectivity index (χ2n) is 3.17. The molecular weight excluding hydrogens is 206 g/mol. The lowest BCUT2D eigenvalue weighted by Gasteiger charge is -2.07. The number of anilines is 1. The molecule has 0 radical (unpaired) electrons. The Kier molecular flexibility index (Phi) is 2.28. The van der Waals surface area contributed by atoms with Gasteiger partial charge in [0.15, 0.2) is 5.82 Å². The number of hydrogen-bond donors (Lipinski definition) is 2. The van der Waals surface area contributed by atoms with Gasteiger partial charge in [0.25, 0.3) is 0 Å². The van der Waals surface area contributed by atoms with Crippen LogP contribution in [0.4, 0.5) is 14.5 Å². The fourth-order valence-corrected chi connectivity index (χ4v) is 1.26. The molecule has 1 heterocycles. The number of carbonyl (C=O) groups is 1. The molecule has 3 N–H and O–H groups in total. The highest BCUT2D eigenvalue weighted by atomic mass is 19.1. The molecule has 1 aliphatic heterocycles. The molecule has 4 nitrogen and oxygen atoms in total. The van der Waals surface area contributed by atoms with Crippen molar-refractivity contribution >= 4 is 11.6 Å². The van der Waals surface area contributed by atoms with Crippen LogP contribution < -0.4 is 15.8 Å². The van der Waals surface area contributed by atoms with Crippen LogP contribution in [0.3, 0.4) is 0 Å². The molecule has 80 valence electrons. The van der Waals surface area contributed by atoms with Gasteiger partial charge in [0.2, 0.25) is 5.91 Å². The molecule has 6 heteroatoms. The first-order valence-corrected chi connectivity index (χ1v) is 4.26. The Balaban J connectivity index is 2.47. The summed E-state index contributed by atoms with van der Waals surface area (Å²) in [5, 5.41) is 2.24. The molecule has 0 saturated heterocycles. The van der Waals surface area contributed by atoms with Crippen LogP contribution in [0.2, 0.25) is 0 Å².